The molecule has 1 aliphatic heterocycles. The summed E-state index contributed by atoms with van der Waals surface area (Å²) in [6.45, 7) is 4.32. The first-order valence-corrected chi connectivity index (χ1v) is 8.98. The fourth-order valence-corrected chi connectivity index (χ4v) is 4.82. The molecular formula is C15H25N3O2S. The van der Waals surface area contributed by atoms with Crippen LogP contribution in [0.2, 0.25) is 0 Å². The van der Waals surface area contributed by atoms with Gasteiger partial charge in [0.15, 0.2) is 0 Å². The summed E-state index contributed by atoms with van der Waals surface area (Å²) in [4.78, 5) is 2.13. The van der Waals surface area contributed by atoms with Crippen molar-refractivity contribution < 1.29 is 8.42 Å². The zero-order valence-electron chi connectivity index (χ0n) is 12.8. The van der Waals surface area contributed by atoms with Crippen LogP contribution in [0.3, 0.4) is 0 Å². The number of benzene rings is 1. The Hall–Kier alpha value is -0.950. The maximum absolute atomic E-state index is 12.7. The second-order valence-electron chi connectivity index (χ2n) is 5.85. The molecule has 0 aromatic heterocycles. The highest BCUT2D eigenvalue weighted by molar-refractivity contribution is 7.89. The van der Waals surface area contributed by atoms with Gasteiger partial charge in [0.25, 0.3) is 0 Å². The largest absolute Gasteiger partial charge is 0.329 e. The van der Waals surface area contributed by atoms with E-state index in [2.05, 4.69) is 4.90 Å². The predicted octanol–water partition coefficient (Wildman–Crippen LogP) is 0.695. The van der Waals surface area contributed by atoms with Crippen molar-refractivity contribution in [2.45, 2.75) is 18.9 Å². The molecule has 0 amide bonds. The number of rotatable bonds is 5. The zero-order chi connectivity index (χ0) is 15.5. The number of piperazine rings is 1. The summed E-state index contributed by atoms with van der Waals surface area (Å²) in [7, 11) is -1.29. The van der Waals surface area contributed by atoms with Crippen LogP contribution in [0.15, 0.2) is 30.3 Å². The van der Waals surface area contributed by atoms with Crippen LogP contribution in [0.25, 0.3) is 0 Å². The maximum Gasteiger partial charge on any atom is 0.215 e. The number of likely N-dealkylation sites (N-methyl/N-ethyl adjacent to an activating group) is 1. The van der Waals surface area contributed by atoms with Gasteiger partial charge in [-0.15, -0.1) is 0 Å². The van der Waals surface area contributed by atoms with Crippen LogP contribution in [0.5, 0.6) is 0 Å². The summed E-state index contributed by atoms with van der Waals surface area (Å²) in [6.07, 6.45) is 0. The van der Waals surface area contributed by atoms with Crippen LogP contribution < -0.4 is 5.73 Å². The van der Waals surface area contributed by atoms with E-state index in [1.54, 1.807) is 4.31 Å². The topological polar surface area (TPSA) is 66.6 Å². The number of hydrogen-bond donors (Lipinski definition) is 1. The first-order valence-electron chi connectivity index (χ1n) is 7.37. The molecule has 1 aromatic rings. The first kappa shape index (κ1) is 16.4. The Labute approximate surface area is 127 Å². The lowest BCUT2D eigenvalue weighted by Gasteiger charge is -2.38. The van der Waals surface area contributed by atoms with E-state index in [4.69, 9.17) is 5.73 Å². The molecule has 2 atom stereocenters. The quantitative estimate of drug-likeness (QED) is 0.869. The van der Waals surface area contributed by atoms with E-state index in [0.29, 0.717) is 19.6 Å². The molecule has 0 bridgehead atoms. The Morgan fingerprint density at radius 1 is 1.29 bits per heavy atom. The average molecular weight is 311 g/mol. The van der Waals surface area contributed by atoms with E-state index >= 15 is 0 Å². The third kappa shape index (κ3) is 4.03. The molecule has 118 valence electrons. The molecule has 6 heteroatoms. The molecule has 1 aromatic carbocycles. The fourth-order valence-electron chi connectivity index (χ4n) is 2.84. The molecule has 1 aliphatic rings. The standard InChI is InChI=1S/C15H25N3O2S/c1-13(14-6-4-3-5-7-14)12-21(19,20)18-9-8-17(2)11-15(18)10-16/h3-7,13,15H,8-12,16H2,1-2H3. The fraction of sp³-hybridized carbons (Fsp3) is 0.600. The second kappa shape index (κ2) is 6.87. The van der Waals surface area contributed by atoms with Crippen LogP contribution in [0.1, 0.15) is 18.4 Å². The monoisotopic (exact) mass is 311 g/mol. The van der Waals surface area contributed by atoms with Gasteiger partial charge in [0, 0.05) is 32.2 Å². The van der Waals surface area contributed by atoms with Crippen molar-refractivity contribution in [3.63, 3.8) is 0 Å². The Bertz CT molecular complexity index is 547. The van der Waals surface area contributed by atoms with Crippen LogP contribution in [0, 0.1) is 0 Å². The Morgan fingerprint density at radius 2 is 1.95 bits per heavy atom. The third-order valence-electron chi connectivity index (χ3n) is 4.09. The van der Waals surface area contributed by atoms with Crippen molar-refractivity contribution in [1.82, 2.24) is 9.21 Å². The molecule has 1 heterocycles. The summed E-state index contributed by atoms with van der Waals surface area (Å²) in [5.74, 6) is 0.117. The molecule has 2 rings (SSSR count). The van der Waals surface area contributed by atoms with Gasteiger partial charge < -0.3 is 10.6 Å². The molecule has 2 unspecified atom stereocenters. The maximum atomic E-state index is 12.7. The molecule has 1 saturated heterocycles. The Kier molecular flexibility index (Phi) is 5.37. The highest BCUT2D eigenvalue weighted by Gasteiger charge is 2.34. The lowest BCUT2D eigenvalue weighted by molar-refractivity contribution is 0.164. The van der Waals surface area contributed by atoms with E-state index in [9.17, 15) is 8.42 Å². The summed E-state index contributed by atoms with van der Waals surface area (Å²) in [6, 6.07) is 9.66. The third-order valence-corrected chi connectivity index (χ3v) is 6.21. The van der Waals surface area contributed by atoms with Gasteiger partial charge >= 0.3 is 0 Å². The number of nitrogens with two attached hydrogens (primary N) is 1. The highest BCUT2D eigenvalue weighted by atomic mass is 32.2. The van der Waals surface area contributed by atoms with Gasteiger partial charge in [-0.2, -0.15) is 4.31 Å². The highest BCUT2D eigenvalue weighted by Crippen LogP contribution is 2.21. The van der Waals surface area contributed by atoms with Gasteiger partial charge in [0.2, 0.25) is 10.0 Å². The minimum Gasteiger partial charge on any atom is -0.329 e. The van der Waals surface area contributed by atoms with Crippen LogP contribution in [0.4, 0.5) is 0 Å². The van der Waals surface area contributed by atoms with Crippen molar-refractivity contribution in [2.75, 3.05) is 39.0 Å². The SMILES string of the molecule is CC(CS(=O)(=O)N1CCN(C)CC1CN)c1ccccc1. The van der Waals surface area contributed by atoms with Gasteiger partial charge in [-0.05, 0) is 18.5 Å². The van der Waals surface area contributed by atoms with Gasteiger partial charge in [-0.1, -0.05) is 37.3 Å². The van der Waals surface area contributed by atoms with E-state index < -0.39 is 10.0 Å². The molecule has 2 N–H and O–H groups in total. The predicted molar refractivity (Wildman–Crippen MR) is 85.7 cm³/mol. The lowest BCUT2D eigenvalue weighted by Crippen LogP contribution is -2.57. The molecule has 0 saturated carbocycles. The average Bonchev–Trinajstić information content (AvgIpc) is 2.47. The molecule has 0 spiro atoms. The van der Waals surface area contributed by atoms with Gasteiger partial charge in [-0.25, -0.2) is 8.42 Å². The lowest BCUT2D eigenvalue weighted by atomic mass is 10.0. The van der Waals surface area contributed by atoms with Gasteiger partial charge in [0.1, 0.15) is 0 Å². The van der Waals surface area contributed by atoms with Gasteiger partial charge in [-0.3, -0.25) is 0 Å². The smallest absolute Gasteiger partial charge is 0.215 e. The van der Waals surface area contributed by atoms with Crippen molar-refractivity contribution in [2.24, 2.45) is 5.73 Å². The number of sulfonamides is 1. The summed E-state index contributed by atoms with van der Waals surface area (Å²) < 4.78 is 27.0. The number of nitrogens with zero attached hydrogens (tertiary/aromatic N) is 2. The summed E-state index contributed by atoms with van der Waals surface area (Å²) >= 11 is 0. The second-order valence-corrected chi connectivity index (χ2v) is 7.82. The van der Waals surface area contributed by atoms with Crippen LogP contribution in [-0.4, -0.2) is 62.6 Å². The van der Waals surface area contributed by atoms with E-state index in [1.807, 2.05) is 44.3 Å². The minimum atomic E-state index is -3.29. The molecular weight excluding hydrogens is 286 g/mol. The zero-order valence-corrected chi connectivity index (χ0v) is 13.6. The Morgan fingerprint density at radius 3 is 2.57 bits per heavy atom. The van der Waals surface area contributed by atoms with Crippen LogP contribution >= 0.6 is 0 Å². The van der Waals surface area contributed by atoms with E-state index in [0.717, 1.165) is 12.1 Å². The van der Waals surface area contributed by atoms with E-state index in [-0.39, 0.29) is 17.7 Å². The minimum absolute atomic E-state index is 0.0192. The molecule has 5 nitrogen and oxygen atoms in total. The summed E-state index contributed by atoms with van der Waals surface area (Å²) in [5, 5.41) is 0. The van der Waals surface area contributed by atoms with Crippen molar-refractivity contribution in [3.8, 4) is 0 Å². The van der Waals surface area contributed by atoms with Crippen molar-refractivity contribution in [3.05, 3.63) is 35.9 Å². The van der Waals surface area contributed by atoms with Gasteiger partial charge in [0.05, 0.1) is 5.75 Å². The van der Waals surface area contributed by atoms with Crippen molar-refractivity contribution >= 4 is 10.0 Å². The molecule has 0 aliphatic carbocycles. The Balaban J connectivity index is 2.10. The van der Waals surface area contributed by atoms with E-state index in [1.165, 1.54) is 0 Å². The molecule has 21 heavy (non-hydrogen) atoms. The van der Waals surface area contributed by atoms with Crippen molar-refractivity contribution in [1.29, 1.82) is 0 Å². The first-order chi connectivity index (χ1) is 9.94. The summed E-state index contributed by atoms with van der Waals surface area (Å²) in [5.41, 5.74) is 6.82. The number of hydrogen-bond acceptors (Lipinski definition) is 4. The molecule has 0 radical (unpaired) electrons. The molecule has 1 fully saturated rings. The van der Waals surface area contributed by atoms with Crippen LogP contribution in [-0.2, 0) is 10.0 Å². The normalized spacial score (nSPS) is 23.1.